The standard InChI is InChI=1S/C14H19NO/c1-14(2,3)9-11-8-10-6-4-5-7-12(10)15-13(11)16/h4-7,11H,8-9H2,1-3H3,(H,15,16). The minimum atomic E-state index is 0.120. The number of anilines is 1. The van der Waals surface area contributed by atoms with Crippen molar-refractivity contribution in [2.45, 2.75) is 33.6 Å². The van der Waals surface area contributed by atoms with Crippen LogP contribution in [0.5, 0.6) is 0 Å². The second-order valence-corrected chi connectivity index (χ2v) is 5.81. The monoisotopic (exact) mass is 217 g/mol. The molecule has 1 unspecified atom stereocenters. The average molecular weight is 217 g/mol. The van der Waals surface area contributed by atoms with Gasteiger partial charge in [0.2, 0.25) is 5.91 Å². The number of para-hydroxylation sites is 1. The summed E-state index contributed by atoms with van der Waals surface area (Å²) in [5, 5.41) is 2.99. The molecule has 2 rings (SSSR count). The third-order valence-corrected chi connectivity index (χ3v) is 2.97. The largest absolute Gasteiger partial charge is 0.326 e. The molecule has 1 aliphatic heterocycles. The fraction of sp³-hybridized carbons (Fsp3) is 0.500. The fourth-order valence-corrected chi connectivity index (χ4v) is 2.32. The van der Waals surface area contributed by atoms with Crippen LogP contribution in [0.4, 0.5) is 5.69 Å². The molecule has 0 aliphatic carbocycles. The number of fused-ring (bicyclic) bond motifs is 1. The van der Waals surface area contributed by atoms with Crippen LogP contribution in [-0.2, 0) is 11.2 Å². The summed E-state index contributed by atoms with van der Waals surface area (Å²) in [4.78, 5) is 11.9. The Bertz CT molecular complexity index is 403. The maximum absolute atomic E-state index is 11.9. The molecular formula is C14H19NO. The van der Waals surface area contributed by atoms with Crippen LogP contribution in [0.3, 0.4) is 0 Å². The molecule has 1 amide bonds. The Kier molecular flexibility index (Phi) is 2.75. The summed E-state index contributed by atoms with van der Waals surface area (Å²) in [6, 6.07) is 8.07. The molecule has 1 aliphatic rings. The lowest BCUT2D eigenvalue weighted by atomic mass is 9.80. The first-order valence-corrected chi connectivity index (χ1v) is 5.84. The average Bonchev–Trinajstić information content (AvgIpc) is 2.17. The molecule has 0 aromatic heterocycles. The Morgan fingerprint density at radius 3 is 2.69 bits per heavy atom. The zero-order valence-electron chi connectivity index (χ0n) is 10.2. The van der Waals surface area contributed by atoms with Gasteiger partial charge in [-0.05, 0) is 29.9 Å². The van der Waals surface area contributed by atoms with E-state index in [0.29, 0.717) is 0 Å². The van der Waals surface area contributed by atoms with Crippen LogP contribution in [0.2, 0.25) is 0 Å². The fourth-order valence-electron chi connectivity index (χ4n) is 2.32. The summed E-state index contributed by atoms with van der Waals surface area (Å²) in [6.45, 7) is 6.54. The Morgan fingerprint density at radius 1 is 1.31 bits per heavy atom. The Hall–Kier alpha value is -1.31. The maximum Gasteiger partial charge on any atom is 0.227 e. The molecule has 1 N–H and O–H groups in total. The predicted molar refractivity (Wildman–Crippen MR) is 66.3 cm³/mol. The predicted octanol–water partition coefficient (Wildman–Crippen LogP) is 3.23. The van der Waals surface area contributed by atoms with Crippen LogP contribution in [0.25, 0.3) is 0 Å². The minimum Gasteiger partial charge on any atom is -0.326 e. The quantitative estimate of drug-likeness (QED) is 0.768. The van der Waals surface area contributed by atoms with Crippen LogP contribution >= 0.6 is 0 Å². The van der Waals surface area contributed by atoms with E-state index in [1.807, 2.05) is 18.2 Å². The molecule has 1 aromatic carbocycles. The third-order valence-electron chi connectivity index (χ3n) is 2.97. The number of rotatable bonds is 1. The van der Waals surface area contributed by atoms with Crippen molar-refractivity contribution in [1.82, 2.24) is 0 Å². The normalized spacial score (nSPS) is 20.2. The van der Waals surface area contributed by atoms with Crippen LogP contribution in [-0.4, -0.2) is 5.91 Å². The lowest BCUT2D eigenvalue weighted by Crippen LogP contribution is -2.32. The van der Waals surface area contributed by atoms with Gasteiger partial charge in [-0.25, -0.2) is 0 Å². The van der Waals surface area contributed by atoms with Crippen LogP contribution < -0.4 is 5.32 Å². The topological polar surface area (TPSA) is 29.1 Å². The summed E-state index contributed by atoms with van der Waals surface area (Å²) in [5.41, 5.74) is 2.45. The Labute approximate surface area is 97.1 Å². The summed E-state index contributed by atoms with van der Waals surface area (Å²) in [7, 11) is 0. The first kappa shape index (κ1) is 11.2. The number of hydrogen-bond donors (Lipinski definition) is 1. The highest BCUT2D eigenvalue weighted by Gasteiger charge is 2.29. The number of amides is 1. The van der Waals surface area contributed by atoms with Crippen molar-refractivity contribution in [3.8, 4) is 0 Å². The van der Waals surface area contributed by atoms with E-state index in [9.17, 15) is 4.79 Å². The highest BCUT2D eigenvalue weighted by molar-refractivity contribution is 5.95. The van der Waals surface area contributed by atoms with Crippen molar-refractivity contribution in [1.29, 1.82) is 0 Å². The Morgan fingerprint density at radius 2 is 2.00 bits per heavy atom. The van der Waals surface area contributed by atoms with Gasteiger partial charge in [-0.3, -0.25) is 4.79 Å². The zero-order valence-corrected chi connectivity index (χ0v) is 10.2. The van der Waals surface area contributed by atoms with Gasteiger partial charge in [-0.1, -0.05) is 39.0 Å². The van der Waals surface area contributed by atoms with E-state index < -0.39 is 0 Å². The van der Waals surface area contributed by atoms with Gasteiger partial charge in [-0.15, -0.1) is 0 Å². The van der Waals surface area contributed by atoms with Crippen LogP contribution in [0.15, 0.2) is 24.3 Å². The van der Waals surface area contributed by atoms with Gasteiger partial charge >= 0.3 is 0 Å². The van der Waals surface area contributed by atoms with Crippen LogP contribution in [0.1, 0.15) is 32.8 Å². The number of benzene rings is 1. The van der Waals surface area contributed by atoms with Gasteiger partial charge < -0.3 is 5.32 Å². The lowest BCUT2D eigenvalue weighted by Gasteiger charge is -2.29. The first-order chi connectivity index (χ1) is 7.46. The molecule has 0 radical (unpaired) electrons. The van der Waals surface area contributed by atoms with E-state index in [4.69, 9.17) is 0 Å². The first-order valence-electron chi connectivity index (χ1n) is 5.84. The molecule has 0 fully saturated rings. The molecule has 1 heterocycles. The molecule has 1 atom stereocenters. The van der Waals surface area contributed by atoms with Gasteiger partial charge in [0.1, 0.15) is 0 Å². The molecule has 2 heteroatoms. The molecule has 0 saturated heterocycles. The summed E-state index contributed by atoms with van der Waals surface area (Å²) in [6.07, 6.45) is 1.81. The molecule has 2 nitrogen and oxygen atoms in total. The number of hydrogen-bond acceptors (Lipinski definition) is 1. The minimum absolute atomic E-state index is 0.120. The second-order valence-electron chi connectivity index (χ2n) is 5.81. The van der Waals surface area contributed by atoms with Gasteiger partial charge in [-0.2, -0.15) is 0 Å². The van der Waals surface area contributed by atoms with Crippen molar-refractivity contribution < 1.29 is 4.79 Å². The lowest BCUT2D eigenvalue weighted by molar-refractivity contribution is -0.121. The van der Waals surface area contributed by atoms with E-state index >= 15 is 0 Å². The maximum atomic E-state index is 11.9. The molecule has 16 heavy (non-hydrogen) atoms. The highest BCUT2D eigenvalue weighted by atomic mass is 16.1. The van der Waals surface area contributed by atoms with Crippen LogP contribution in [0, 0.1) is 11.3 Å². The van der Waals surface area contributed by atoms with E-state index in [1.165, 1.54) is 5.56 Å². The number of carbonyl (C=O) groups is 1. The zero-order chi connectivity index (χ0) is 11.8. The van der Waals surface area contributed by atoms with E-state index in [-0.39, 0.29) is 17.2 Å². The number of nitrogens with one attached hydrogen (secondary N) is 1. The summed E-state index contributed by atoms with van der Waals surface area (Å²) < 4.78 is 0. The Balaban J connectivity index is 2.18. The SMILES string of the molecule is CC(C)(C)CC1Cc2ccccc2NC1=O. The summed E-state index contributed by atoms with van der Waals surface area (Å²) in [5.74, 6) is 0.295. The van der Waals surface area contributed by atoms with E-state index in [2.05, 4.69) is 32.2 Å². The second kappa shape index (κ2) is 3.93. The number of carbonyl (C=O) groups excluding carboxylic acids is 1. The van der Waals surface area contributed by atoms with Gasteiger partial charge in [0, 0.05) is 11.6 Å². The highest BCUT2D eigenvalue weighted by Crippen LogP contribution is 2.32. The van der Waals surface area contributed by atoms with Crippen molar-refractivity contribution in [2.75, 3.05) is 5.32 Å². The smallest absolute Gasteiger partial charge is 0.227 e. The van der Waals surface area contributed by atoms with Crippen molar-refractivity contribution in [2.24, 2.45) is 11.3 Å². The third kappa shape index (κ3) is 2.43. The summed E-state index contributed by atoms with van der Waals surface area (Å²) >= 11 is 0. The van der Waals surface area contributed by atoms with E-state index in [1.54, 1.807) is 0 Å². The van der Waals surface area contributed by atoms with Gasteiger partial charge in [0.15, 0.2) is 0 Å². The van der Waals surface area contributed by atoms with Crippen molar-refractivity contribution >= 4 is 11.6 Å². The van der Waals surface area contributed by atoms with Crippen molar-refractivity contribution in [3.05, 3.63) is 29.8 Å². The van der Waals surface area contributed by atoms with Gasteiger partial charge in [0.25, 0.3) is 0 Å². The molecule has 0 saturated carbocycles. The molecule has 0 bridgehead atoms. The molecule has 0 spiro atoms. The molecule has 1 aromatic rings. The van der Waals surface area contributed by atoms with Crippen molar-refractivity contribution in [3.63, 3.8) is 0 Å². The van der Waals surface area contributed by atoms with Gasteiger partial charge in [0.05, 0.1) is 0 Å². The molecule has 86 valence electrons. The van der Waals surface area contributed by atoms with E-state index in [0.717, 1.165) is 18.5 Å². The molecular weight excluding hydrogens is 198 g/mol.